The fourth-order valence-electron chi connectivity index (χ4n) is 2.00. The number of hydrogen-bond donors (Lipinski definition) is 1. The maximum absolute atomic E-state index is 13.7. The van der Waals surface area contributed by atoms with Crippen LogP contribution in [0, 0.1) is 18.6 Å². The Bertz CT molecular complexity index is 669. The molecule has 0 saturated carbocycles. The van der Waals surface area contributed by atoms with Crippen LogP contribution in [0.25, 0.3) is 0 Å². The van der Waals surface area contributed by atoms with E-state index in [0.29, 0.717) is 12.2 Å². The number of rotatable bonds is 3. The number of carbonyl (C=O) groups is 1. The Balaban J connectivity index is 2.19. The first-order valence-electron chi connectivity index (χ1n) is 6.44. The first kappa shape index (κ1) is 15.0. The maximum Gasteiger partial charge on any atom is 0.256 e. The Kier molecular flexibility index (Phi) is 4.21. The summed E-state index contributed by atoms with van der Waals surface area (Å²) in [6, 6.07) is 9.02. The Labute approximate surface area is 122 Å². The minimum absolute atomic E-state index is 0.133. The van der Waals surface area contributed by atoms with E-state index in [1.807, 2.05) is 0 Å². The molecule has 0 atom stereocenters. The van der Waals surface area contributed by atoms with Crippen molar-refractivity contribution in [1.82, 2.24) is 4.90 Å². The van der Waals surface area contributed by atoms with Gasteiger partial charge in [-0.3, -0.25) is 4.79 Å². The highest BCUT2D eigenvalue weighted by Gasteiger charge is 2.18. The summed E-state index contributed by atoms with van der Waals surface area (Å²) in [6.07, 6.45) is 0. The van der Waals surface area contributed by atoms with Gasteiger partial charge in [0.1, 0.15) is 11.6 Å². The molecule has 2 N–H and O–H groups in total. The number of nitrogens with two attached hydrogens (primary N) is 1. The van der Waals surface area contributed by atoms with Crippen molar-refractivity contribution < 1.29 is 13.6 Å². The number of aryl methyl sites for hydroxylation is 1. The lowest BCUT2D eigenvalue weighted by Gasteiger charge is -2.18. The fraction of sp³-hybridized carbons (Fsp3) is 0.188. The van der Waals surface area contributed by atoms with Gasteiger partial charge in [0.25, 0.3) is 5.91 Å². The molecular weight excluding hydrogens is 274 g/mol. The Morgan fingerprint density at radius 1 is 1.14 bits per heavy atom. The molecule has 0 radical (unpaired) electrons. The van der Waals surface area contributed by atoms with Crippen LogP contribution in [0.2, 0.25) is 0 Å². The first-order chi connectivity index (χ1) is 9.88. The van der Waals surface area contributed by atoms with Crippen LogP contribution < -0.4 is 5.73 Å². The minimum Gasteiger partial charge on any atom is -0.399 e. The number of carbonyl (C=O) groups excluding carboxylic acids is 1. The van der Waals surface area contributed by atoms with Gasteiger partial charge in [-0.05, 0) is 36.2 Å². The number of hydrogen-bond acceptors (Lipinski definition) is 2. The molecular formula is C16H16F2N2O. The van der Waals surface area contributed by atoms with Crippen LogP contribution in [0.1, 0.15) is 21.5 Å². The van der Waals surface area contributed by atoms with Gasteiger partial charge >= 0.3 is 0 Å². The standard InChI is InChI=1S/C16H16F2N2O/c1-10-7-13(15(18)8-14(10)17)16(21)20(2)9-11-3-5-12(19)6-4-11/h3-8H,9,19H2,1-2H3. The lowest BCUT2D eigenvalue weighted by Crippen LogP contribution is -2.27. The molecule has 110 valence electrons. The number of nitrogens with zero attached hydrogens (tertiary/aromatic N) is 1. The van der Waals surface area contributed by atoms with Crippen LogP contribution in [0.3, 0.4) is 0 Å². The molecule has 0 spiro atoms. The first-order valence-corrected chi connectivity index (χ1v) is 6.44. The highest BCUT2D eigenvalue weighted by molar-refractivity contribution is 5.94. The molecule has 0 heterocycles. The van der Waals surface area contributed by atoms with E-state index in [1.165, 1.54) is 17.9 Å². The summed E-state index contributed by atoms with van der Waals surface area (Å²) in [5.74, 6) is -2.01. The molecule has 5 heteroatoms. The molecule has 0 aliphatic heterocycles. The molecule has 0 unspecified atom stereocenters. The van der Waals surface area contributed by atoms with E-state index < -0.39 is 17.5 Å². The van der Waals surface area contributed by atoms with Crippen LogP contribution in [0.15, 0.2) is 36.4 Å². The average molecular weight is 290 g/mol. The summed E-state index contributed by atoms with van der Waals surface area (Å²) in [5.41, 5.74) is 7.20. The molecule has 0 bridgehead atoms. The molecule has 0 saturated heterocycles. The number of amides is 1. The van der Waals surface area contributed by atoms with Crippen molar-refractivity contribution in [3.05, 3.63) is 64.7 Å². The quantitative estimate of drug-likeness (QED) is 0.883. The SMILES string of the molecule is Cc1cc(C(=O)N(C)Cc2ccc(N)cc2)c(F)cc1F. The summed E-state index contributed by atoms with van der Waals surface area (Å²) < 4.78 is 27.0. The van der Waals surface area contributed by atoms with Crippen molar-refractivity contribution in [3.8, 4) is 0 Å². The van der Waals surface area contributed by atoms with Crippen LogP contribution in [0.4, 0.5) is 14.5 Å². The molecule has 2 aromatic carbocycles. The van der Waals surface area contributed by atoms with Gasteiger partial charge in [0, 0.05) is 25.3 Å². The zero-order chi connectivity index (χ0) is 15.6. The topological polar surface area (TPSA) is 46.3 Å². The fourth-order valence-corrected chi connectivity index (χ4v) is 2.00. The van der Waals surface area contributed by atoms with Gasteiger partial charge in [0.2, 0.25) is 0 Å². The smallest absolute Gasteiger partial charge is 0.256 e. The van der Waals surface area contributed by atoms with Crippen LogP contribution >= 0.6 is 0 Å². The summed E-state index contributed by atoms with van der Waals surface area (Å²) >= 11 is 0. The highest BCUT2D eigenvalue weighted by atomic mass is 19.1. The van der Waals surface area contributed by atoms with Gasteiger partial charge in [-0.25, -0.2) is 8.78 Å². The van der Waals surface area contributed by atoms with E-state index in [1.54, 1.807) is 31.3 Å². The largest absolute Gasteiger partial charge is 0.399 e. The second kappa shape index (κ2) is 5.91. The third kappa shape index (κ3) is 3.37. The van der Waals surface area contributed by atoms with Gasteiger partial charge < -0.3 is 10.6 Å². The lowest BCUT2D eigenvalue weighted by atomic mass is 10.1. The Morgan fingerprint density at radius 2 is 1.76 bits per heavy atom. The Hall–Kier alpha value is -2.43. The van der Waals surface area contributed by atoms with E-state index >= 15 is 0 Å². The minimum atomic E-state index is -0.854. The van der Waals surface area contributed by atoms with Gasteiger partial charge in [0.05, 0.1) is 5.56 Å². The van der Waals surface area contributed by atoms with E-state index in [2.05, 4.69) is 0 Å². The van der Waals surface area contributed by atoms with Gasteiger partial charge in [-0.1, -0.05) is 12.1 Å². The monoisotopic (exact) mass is 290 g/mol. The van der Waals surface area contributed by atoms with Gasteiger partial charge in [-0.15, -0.1) is 0 Å². The van der Waals surface area contributed by atoms with Crippen molar-refractivity contribution in [2.75, 3.05) is 12.8 Å². The number of halogens is 2. The maximum atomic E-state index is 13.7. The van der Waals surface area contributed by atoms with Gasteiger partial charge in [-0.2, -0.15) is 0 Å². The molecule has 0 aromatic heterocycles. The number of anilines is 1. The summed E-state index contributed by atoms with van der Waals surface area (Å²) in [6.45, 7) is 1.81. The molecule has 0 aliphatic rings. The number of nitrogen functional groups attached to an aromatic ring is 1. The molecule has 0 fully saturated rings. The summed E-state index contributed by atoms with van der Waals surface area (Å²) in [7, 11) is 1.57. The highest BCUT2D eigenvalue weighted by Crippen LogP contribution is 2.17. The van der Waals surface area contributed by atoms with E-state index in [-0.39, 0.29) is 11.1 Å². The summed E-state index contributed by atoms with van der Waals surface area (Å²) in [5, 5.41) is 0. The van der Waals surface area contributed by atoms with E-state index in [4.69, 9.17) is 5.73 Å². The van der Waals surface area contributed by atoms with Crippen molar-refractivity contribution in [3.63, 3.8) is 0 Å². The molecule has 21 heavy (non-hydrogen) atoms. The summed E-state index contributed by atoms with van der Waals surface area (Å²) in [4.78, 5) is 13.6. The number of benzene rings is 2. The van der Waals surface area contributed by atoms with E-state index in [0.717, 1.165) is 11.6 Å². The molecule has 2 rings (SSSR count). The normalized spacial score (nSPS) is 10.5. The third-order valence-corrected chi connectivity index (χ3v) is 3.22. The second-order valence-corrected chi connectivity index (χ2v) is 4.98. The zero-order valence-corrected chi connectivity index (χ0v) is 11.9. The molecule has 1 amide bonds. The predicted octanol–water partition coefficient (Wildman–Crippen LogP) is 3.13. The molecule has 3 nitrogen and oxygen atoms in total. The van der Waals surface area contributed by atoms with Crippen LogP contribution in [0.5, 0.6) is 0 Å². The van der Waals surface area contributed by atoms with Crippen LogP contribution in [-0.2, 0) is 6.54 Å². The predicted molar refractivity (Wildman–Crippen MR) is 77.7 cm³/mol. The average Bonchev–Trinajstić information content (AvgIpc) is 2.44. The van der Waals surface area contributed by atoms with Crippen LogP contribution in [-0.4, -0.2) is 17.9 Å². The lowest BCUT2D eigenvalue weighted by molar-refractivity contribution is 0.0780. The van der Waals surface area contributed by atoms with E-state index in [9.17, 15) is 13.6 Å². The van der Waals surface area contributed by atoms with Crippen molar-refractivity contribution in [2.24, 2.45) is 0 Å². The third-order valence-electron chi connectivity index (χ3n) is 3.22. The molecule has 0 aliphatic carbocycles. The zero-order valence-electron chi connectivity index (χ0n) is 11.9. The Morgan fingerprint density at radius 3 is 2.38 bits per heavy atom. The van der Waals surface area contributed by atoms with Crippen molar-refractivity contribution in [1.29, 1.82) is 0 Å². The van der Waals surface area contributed by atoms with Crippen molar-refractivity contribution in [2.45, 2.75) is 13.5 Å². The van der Waals surface area contributed by atoms with Gasteiger partial charge in [0.15, 0.2) is 0 Å². The second-order valence-electron chi connectivity index (χ2n) is 4.98. The van der Waals surface area contributed by atoms with Crippen molar-refractivity contribution >= 4 is 11.6 Å². The molecule has 2 aromatic rings.